The third-order valence-corrected chi connectivity index (χ3v) is 2.96. The van der Waals surface area contributed by atoms with Crippen LogP contribution in [0.5, 0.6) is 0 Å². The van der Waals surface area contributed by atoms with Crippen molar-refractivity contribution >= 4 is 5.91 Å². The fraction of sp³-hybridized carbons (Fsp3) is 0.909. The Balaban J connectivity index is 2.67. The van der Waals surface area contributed by atoms with E-state index in [4.69, 9.17) is 4.74 Å². The lowest BCUT2D eigenvalue weighted by Crippen LogP contribution is -2.61. The van der Waals surface area contributed by atoms with Crippen LogP contribution < -0.4 is 5.32 Å². The number of amides is 1. The van der Waals surface area contributed by atoms with E-state index in [1.807, 2.05) is 13.8 Å². The van der Waals surface area contributed by atoms with Crippen LogP contribution in [-0.4, -0.2) is 58.3 Å². The summed E-state index contributed by atoms with van der Waals surface area (Å²) in [6, 6.07) is 0. The lowest BCUT2D eigenvalue weighted by molar-refractivity contribution is -0.230. The van der Waals surface area contributed by atoms with Crippen LogP contribution in [0.4, 0.5) is 0 Å². The highest BCUT2D eigenvalue weighted by molar-refractivity contribution is 5.72. The van der Waals surface area contributed by atoms with Gasteiger partial charge in [-0.2, -0.15) is 0 Å². The molecule has 1 amide bonds. The Bertz CT molecular complexity index is 271. The number of carbonyl (C=O) groups excluding carboxylic acids is 1. The van der Waals surface area contributed by atoms with Crippen molar-refractivity contribution < 1.29 is 24.9 Å². The zero-order valence-corrected chi connectivity index (χ0v) is 10.3. The second kappa shape index (κ2) is 5.77. The van der Waals surface area contributed by atoms with E-state index in [2.05, 4.69) is 5.32 Å². The van der Waals surface area contributed by atoms with Crippen molar-refractivity contribution in [2.75, 3.05) is 6.54 Å². The molecule has 2 unspecified atom stereocenters. The Morgan fingerprint density at radius 3 is 2.29 bits per heavy atom. The fourth-order valence-electron chi connectivity index (χ4n) is 1.94. The van der Waals surface area contributed by atoms with Gasteiger partial charge in [0, 0.05) is 13.5 Å². The van der Waals surface area contributed by atoms with Gasteiger partial charge in [0.05, 0.1) is 6.10 Å². The van der Waals surface area contributed by atoms with E-state index in [-0.39, 0.29) is 18.4 Å². The Labute approximate surface area is 101 Å². The van der Waals surface area contributed by atoms with Crippen LogP contribution in [0.15, 0.2) is 0 Å². The minimum absolute atomic E-state index is 0.00646. The second-order valence-electron chi connectivity index (χ2n) is 4.79. The van der Waals surface area contributed by atoms with E-state index in [0.717, 1.165) is 0 Å². The van der Waals surface area contributed by atoms with Gasteiger partial charge in [-0.1, -0.05) is 13.8 Å². The molecule has 1 aliphatic heterocycles. The maximum Gasteiger partial charge on any atom is 0.216 e. The van der Waals surface area contributed by atoms with Crippen LogP contribution in [0, 0.1) is 5.92 Å². The molecule has 1 rings (SSSR count). The Morgan fingerprint density at radius 1 is 1.24 bits per heavy atom. The van der Waals surface area contributed by atoms with E-state index in [0.29, 0.717) is 0 Å². The molecular formula is C11H21NO5. The van der Waals surface area contributed by atoms with Gasteiger partial charge in [0.25, 0.3) is 0 Å². The Morgan fingerprint density at radius 2 is 1.82 bits per heavy atom. The number of ether oxygens (including phenoxy) is 1. The van der Waals surface area contributed by atoms with Crippen LogP contribution in [0.1, 0.15) is 20.8 Å². The first-order chi connectivity index (χ1) is 7.84. The predicted molar refractivity (Wildman–Crippen MR) is 60.2 cm³/mol. The maximum absolute atomic E-state index is 10.8. The summed E-state index contributed by atoms with van der Waals surface area (Å²) in [6.07, 6.45) is -4.82. The predicted octanol–water partition coefficient (Wildman–Crippen LogP) is -1.37. The Hall–Kier alpha value is -0.690. The molecule has 1 aliphatic rings. The van der Waals surface area contributed by atoms with Gasteiger partial charge in [-0.3, -0.25) is 4.79 Å². The van der Waals surface area contributed by atoms with Crippen LogP contribution in [0.2, 0.25) is 0 Å². The zero-order chi connectivity index (χ0) is 13.2. The minimum Gasteiger partial charge on any atom is -0.388 e. The van der Waals surface area contributed by atoms with E-state index in [1.54, 1.807) is 0 Å². The number of hydrogen-bond donors (Lipinski definition) is 4. The third-order valence-electron chi connectivity index (χ3n) is 2.96. The second-order valence-corrected chi connectivity index (χ2v) is 4.79. The number of nitrogens with one attached hydrogen (secondary N) is 1. The zero-order valence-electron chi connectivity index (χ0n) is 10.3. The normalized spacial score (nSPS) is 38.2. The van der Waals surface area contributed by atoms with Crippen LogP contribution in [0.25, 0.3) is 0 Å². The average molecular weight is 247 g/mol. The molecule has 0 saturated carbocycles. The van der Waals surface area contributed by atoms with Gasteiger partial charge in [0.1, 0.15) is 24.4 Å². The summed E-state index contributed by atoms with van der Waals surface area (Å²) in [5, 5.41) is 31.7. The van der Waals surface area contributed by atoms with Gasteiger partial charge in [0.15, 0.2) is 0 Å². The van der Waals surface area contributed by atoms with E-state index < -0.39 is 30.5 Å². The first kappa shape index (κ1) is 14.4. The molecule has 100 valence electrons. The van der Waals surface area contributed by atoms with Crippen molar-refractivity contribution in [3.8, 4) is 0 Å². The van der Waals surface area contributed by atoms with Gasteiger partial charge in [0.2, 0.25) is 5.91 Å². The number of rotatable bonds is 3. The Kier molecular flexibility index (Phi) is 4.88. The smallest absolute Gasteiger partial charge is 0.216 e. The molecule has 17 heavy (non-hydrogen) atoms. The van der Waals surface area contributed by atoms with Crippen LogP contribution in [-0.2, 0) is 9.53 Å². The van der Waals surface area contributed by atoms with E-state index in [9.17, 15) is 20.1 Å². The standard InChI is InChI=1S/C11H21NO5/c1-5(2)11-10(16)9(15)8(14)7(17-11)4-12-6(3)13/h5,7-11,14-16H,4H2,1-3H3,(H,12,13)/t7?,8-,9-,10?,11-/m0/s1. The average Bonchev–Trinajstić information content (AvgIpc) is 2.24. The van der Waals surface area contributed by atoms with Crippen molar-refractivity contribution in [1.82, 2.24) is 5.32 Å². The number of carbonyl (C=O) groups is 1. The van der Waals surface area contributed by atoms with Crippen molar-refractivity contribution in [2.45, 2.75) is 51.3 Å². The quantitative estimate of drug-likeness (QED) is 0.493. The van der Waals surface area contributed by atoms with Gasteiger partial charge < -0.3 is 25.4 Å². The van der Waals surface area contributed by atoms with Crippen molar-refractivity contribution in [2.24, 2.45) is 5.92 Å². The summed E-state index contributed by atoms with van der Waals surface area (Å²) in [5.74, 6) is -0.227. The monoisotopic (exact) mass is 247 g/mol. The molecule has 0 aliphatic carbocycles. The van der Waals surface area contributed by atoms with Gasteiger partial charge >= 0.3 is 0 Å². The molecule has 0 radical (unpaired) electrons. The molecule has 4 N–H and O–H groups in total. The molecule has 6 heteroatoms. The minimum atomic E-state index is -1.25. The number of hydrogen-bond acceptors (Lipinski definition) is 5. The topological polar surface area (TPSA) is 99.0 Å². The summed E-state index contributed by atoms with van der Waals surface area (Å²) < 4.78 is 5.52. The van der Waals surface area contributed by atoms with E-state index >= 15 is 0 Å². The summed E-state index contributed by atoms with van der Waals surface area (Å²) in [5.41, 5.74) is 0. The molecule has 1 saturated heterocycles. The largest absolute Gasteiger partial charge is 0.388 e. The molecule has 0 bridgehead atoms. The molecule has 6 nitrogen and oxygen atoms in total. The maximum atomic E-state index is 10.8. The van der Waals surface area contributed by atoms with Crippen molar-refractivity contribution in [1.29, 1.82) is 0 Å². The van der Waals surface area contributed by atoms with Crippen molar-refractivity contribution in [3.63, 3.8) is 0 Å². The highest BCUT2D eigenvalue weighted by atomic mass is 16.5. The molecule has 0 aromatic rings. The summed E-state index contributed by atoms with van der Waals surface area (Å²) in [7, 11) is 0. The van der Waals surface area contributed by atoms with E-state index in [1.165, 1.54) is 6.92 Å². The number of aliphatic hydroxyl groups is 3. The molecule has 1 fully saturated rings. The summed E-state index contributed by atoms with van der Waals surface area (Å²) in [4.78, 5) is 10.8. The molecule has 0 aromatic heterocycles. The number of aliphatic hydroxyl groups excluding tert-OH is 3. The highest BCUT2D eigenvalue weighted by Crippen LogP contribution is 2.25. The molecular weight excluding hydrogens is 226 g/mol. The summed E-state index contributed by atoms with van der Waals surface area (Å²) >= 11 is 0. The van der Waals surface area contributed by atoms with Crippen LogP contribution in [0.3, 0.4) is 0 Å². The van der Waals surface area contributed by atoms with Gasteiger partial charge in [-0.15, -0.1) is 0 Å². The lowest BCUT2D eigenvalue weighted by atomic mass is 9.89. The first-order valence-corrected chi connectivity index (χ1v) is 5.78. The third kappa shape index (κ3) is 3.38. The molecule has 0 spiro atoms. The molecule has 1 heterocycles. The van der Waals surface area contributed by atoms with Gasteiger partial charge in [-0.25, -0.2) is 0 Å². The lowest BCUT2D eigenvalue weighted by Gasteiger charge is -2.42. The first-order valence-electron chi connectivity index (χ1n) is 5.78. The highest BCUT2D eigenvalue weighted by Gasteiger charge is 2.44. The molecule has 5 atom stereocenters. The fourth-order valence-corrected chi connectivity index (χ4v) is 1.94. The van der Waals surface area contributed by atoms with Gasteiger partial charge in [-0.05, 0) is 5.92 Å². The summed E-state index contributed by atoms with van der Waals surface area (Å²) in [6.45, 7) is 5.19. The van der Waals surface area contributed by atoms with Crippen LogP contribution >= 0.6 is 0 Å². The molecule has 0 aromatic carbocycles. The van der Waals surface area contributed by atoms with Crippen molar-refractivity contribution in [3.05, 3.63) is 0 Å². The SMILES string of the molecule is CC(=O)NCC1O[C@@H](C(C)C)C(O)[C@@H](O)[C@H]1O.